The van der Waals surface area contributed by atoms with E-state index in [1.165, 1.54) is 12.1 Å². The summed E-state index contributed by atoms with van der Waals surface area (Å²) in [5.74, 6) is 0.331. The van der Waals surface area contributed by atoms with Crippen LogP contribution in [0.3, 0.4) is 0 Å². The minimum absolute atomic E-state index is 0.0394. The molecule has 1 aromatic heterocycles. The SMILES string of the molecule is Cc1ccc(Oc2nc(Cl)nc(N(C)C)n2)c([N+](=O)[O-])c1. The highest BCUT2D eigenvalue weighted by molar-refractivity contribution is 6.28. The molecule has 110 valence electrons. The fraction of sp³-hybridized carbons (Fsp3) is 0.250. The van der Waals surface area contributed by atoms with E-state index in [0.717, 1.165) is 5.56 Å². The first-order valence-corrected chi connectivity index (χ1v) is 6.26. The first kappa shape index (κ1) is 14.9. The monoisotopic (exact) mass is 309 g/mol. The minimum atomic E-state index is -0.530. The second-order valence-corrected chi connectivity index (χ2v) is 4.75. The van der Waals surface area contributed by atoms with Crippen LogP contribution in [0.2, 0.25) is 5.28 Å². The van der Waals surface area contributed by atoms with Crippen LogP contribution in [0.15, 0.2) is 18.2 Å². The van der Waals surface area contributed by atoms with Gasteiger partial charge in [-0.15, -0.1) is 0 Å². The average molecular weight is 310 g/mol. The Hall–Kier alpha value is -2.48. The van der Waals surface area contributed by atoms with Gasteiger partial charge >= 0.3 is 11.7 Å². The van der Waals surface area contributed by atoms with E-state index < -0.39 is 4.92 Å². The topological polar surface area (TPSA) is 94.3 Å². The molecule has 0 saturated carbocycles. The number of aromatic nitrogens is 3. The molecule has 2 aromatic rings. The molecule has 0 aliphatic heterocycles. The van der Waals surface area contributed by atoms with Crippen LogP contribution in [-0.4, -0.2) is 34.0 Å². The zero-order valence-electron chi connectivity index (χ0n) is 11.6. The minimum Gasteiger partial charge on any atom is -0.417 e. The maximum absolute atomic E-state index is 11.0. The average Bonchev–Trinajstić information content (AvgIpc) is 2.40. The fourth-order valence-corrected chi connectivity index (χ4v) is 1.67. The van der Waals surface area contributed by atoms with Gasteiger partial charge in [-0.2, -0.15) is 15.0 Å². The summed E-state index contributed by atoms with van der Waals surface area (Å²) in [6.07, 6.45) is 0. The summed E-state index contributed by atoms with van der Waals surface area (Å²) in [5, 5.41) is 11.0. The van der Waals surface area contributed by atoms with Crippen molar-refractivity contribution < 1.29 is 9.66 Å². The quantitative estimate of drug-likeness (QED) is 0.632. The number of aryl methyl sites for hydroxylation is 1. The van der Waals surface area contributed by atoms with Crippen LogP contribution in [0, 0.1) is 17.0 Å². The molecule has 1 heterocycles. The fourth-order valence-electron chi connectivity index (χ4n) is 1.52. The Morgan fingerprint density at radius 3 is 2.62 bits per heavy atom. The molecule has 0 fully saturated rings. The predicted molar refractivity (Wildman–Crippen MR) is 77.1 cm³/mol. The van der Waals surface area contributed by atoms with E-state index in [1.807, 2.05) is 0 Å². The molecule has 0 aliphatic rings. The highest BCUT2D eigenvalue weighted by Gasteiger charge is 2.18. The number of ether oxygens (including phenoxy) is 1. The van der Waals surface area contributed by atoms with Crippen molar-refractivity contribution in [2.45, 2.75) is 6.92 Å². The molecular weight excluding hydrogens is 298 g/mol. The lowest BCUT2D eigenvalue weighted by Gasteiger charge is -2.11. The Bertz CT molecular complexity index is 693. The zero-order valence-corrected chi connectivity index (χ0v) is 12.3. The van der Waals surface area contributed by atoms with Crippen molar-refractivity contribution in [2.75, 3.05) is 19.0 Å². The van der Waals surface area contributed by atoms with Gasteiger partial charge < -0.3 is 9.64 Å². The summed E-state index contributed by atoms with van der Waals surface area (Å²) < 4.78 is 5.38. The van der Waals surface area contributed by atoms with Crippen LogP contribution in [0.25, 0.3) is 0 Å². The molecule has 0 N–H and O–H groups in total. The van der Waals surface area contributed by atoms with E-state index in [4.69, 9.17) is 16.3 Å². The van der Waals surface area contributed by atoms with Gasteiger partial charge in [0.25, 0.3) is 0 Å². The van der Waals surface area contributed by atoms with Gasteiger partial charge in [-0.25, -0.2) is 0 Å². The lowest BCUT2D eigenvalue weighted by molar-refractivity contribution is -0.385. The molecule has 0 spiro atoms. The van der Waals surface area contributed by atoms with Crippen molar-refractivity contribution in [1.29, 1.82) is 0 Å². The molecule has 1 aromatic carbocycles. The van der Waals surface area contributed by atoms with E-state index >= 15 is 0 Å². The molecule has 0 aliphatic carbocycles. The molecule has 0 saturated heterocycles. The van der Waals surface area contributed by atoms with Gasteiger partial charge in [-0.3, -0.25) is 10.1 Å². The largest absolute Gasteiger partial charge is 0.417 e. The zero-order chi connectivity index (χ0) is 15.6. The van der Waals surface area contributed by atoms with E-state index in [-0.39, 0.29) is 22.7 Å². The predicted octanol–water partition coefficient (Wildman–Crippen LogP) is 2.60. The van der Waals surface area contributed by atoms with E-state index in [2.05, 4.69) is 15.0 Å². The van der Waals surface area contributed by atoms with Gasteiger partial charge in [0.15, 0.2) is 0 Å². The maximum atomic E-state index is 11.0. The van der Waals surface area contributed by atoms with Gasteiger partial charge in [-0.1, -0.05) is 6.07 Å². The molecule has 21 heavy (non-hydrogen) atoms. The van der Waals surface area contributed by atoms with Gasteiger partial charge in [0.05, 0.1) is 4.92 Å². The van der Waals surface area contributed by atoms with Crippen LogP contribution in [0.4, 0.5) is 11.6 Å². The Morgan fingerprint density at radius 1 is 1.29 bits per heavy atom. The highest BCUT2D eigenvalue weighted by atomic mass is 35.5. The van der Waals surface area contributed by atoms with Crippen molar-refractivity contribution in [3.8, 4) is 11.8 Å². The van der Waals surface area contributed by atoms with Gasteiger partial charge in [0.1, 0.15) is 0 Å². The lowest BCUT2D eigenvalue weighted by Crippen LogP contribution is -2.13. The molecule has 0 unspecified atom stereocenters. The van der Waals surface area contributed by atoms with E-state index in [1.54, 1.807) is 32.0 Å². The number of hydrogen-bond donors (Lipinski definition) is 0. The molecule has 2 rings (SSSR count). The van der Waals surface area contributed by atoms with Crippen LogP contribution < -0.4 is 9.64 Å². The summed E-state index contributed by atoms with van der Waals surface area (Å²) >= 11 is 5.79. The molecule has 8 nitrogen and oxygen atoms in total. The Labute approximate surface area is 125 Å². The summed E-state index contributed by atoms with van der Waals surface area (Å²) in [6, 6.07) is 4.48. The molecule has 0 bridgehead atoms. The van der Waals surface area contributed by atoms with Crippen LogP contribution in [-0.2, 0) is 0 Å². The van der Waals surface area contributed by atoms with Gasteiger partial charge in [0.2, 0.25) is 17.0 Å². The van der Waals surface area contributed by atoms with Crippen molar-refractivity contribution in [1.82, 2.24) is 15.0 Å². The van der Waals surface area contributed by atoms with Crippen molar-refractivity contribution in [3.05, 3.63) is 39.2 Å². The number of nitro groups is 1. The Balaban J connectivity index is 2.41. The number of rotatable bonds is 4. The maximum Gasteiger partial charge on any atom is 0.328 e. The van der Waals surface area contributed by atoms with Gasteiger partial charge in [-0.05, 0) is 30.2 Å². The first-order valence-electron chi connectivity index (χ1n) is 5.88. The van der Waals surface area contributed by atoms with Crippen LogP contribution in [0.1, 0.15) is 5.56 Å². The molecule has 9 heteroatoms. The highest BCUT2D eigenvalue weighted by Crippen LogP contribution is 2.31. The molecule has 0 atom stereocenters. The molecule has 0 amide bonds. The second kappa shape index (κ2) is 5.88. The number of nitrogens with zero attached hydrogens (tertiary/aromatic N) is 5. The summed E-state index contributed by atoms with van der Waals surface area (Å²) in [7, 11) is 3.45. The second-order valence-electron chi connectivity index (χ2n) is 4.41. The standard InChI is InChI=1S/C12H12ClN5O3/c1-7-4-5-9(8(6-7)18(19)20)21-12-15-10(13)14-11(16-12)17(2)3/h4-6H,1-3H3. The number of hydrogen-bond acceptors (Lipinski definition) is 7. The summed E-state index contributed by atoms with van der Waals surface area (Å²) in [5.41, 5.74) is 0.578. The number of anilines is 1. The smallest absolute Gasteiger partial charge is 0.328 e. The number of benzene rings is 1. The van der Waals surface area contributed by atoms with Crippen molar-refractivity contribution in [3.63, 3.8) is 0 Å². The number of halogens is 1. The Morgan fingerprint density at radius 2 is 2.00 bits per heavy atom. The van der Waals surface area contributed by atoms with Crippen LogP contribution in [0.5, 0.6) is 11.8 Å². The van der Waals surface area contributed by atoms with Gasteiger partial charge in [0, 0.05) is 20.2 Å². The molecular formula is C12H12ClN5O3. The summed E-state index contributed by atoms with van der Waals surface area (Å²) in [6.45, 7) is 1.75. The third kappa shape index (κ3) is 3.54. The van der Waals surface area contributed by atoms with E-state index in [0.29, 0.717) is 5.95 Å². The van der Waals surface area contributed by atoms with E-state index in [9.17, 15) is 10.1 Å². The Kier molecular flexibility index (Phi) is 4.18. The third-order valence-electron chi connectivity index (χ3n) is 2.49. The molecule has 0 radical (unpaired) electrons. The normalized spacial score (nSPS) is 10.3. The van der Waals surface area contributed by atoms with Crippen LogP contribution >= 0.6 is 11.6 Å². The summed E-state index contributed by atoms with van der Waals surface area (Å²) in [4.78, 5) is 23.9. The third-order valence-corrected chi connectivity index (χ3v) is 2.66. The lowest BCUT2D eigenvalue weighted by atomic mass is 10.2. The first-order chi connectivity index (χ1) is 9.86. The number of nitro benzene ring substituents is 1. The van der Waals surface area contributed by atoms with Crippen molar-refractivity contribution in [2.24, 2.45) is 0 Å². The van der Waals surface area contributed by atoms with Crippen molar-refractivity contribution >= 4 is 23.2 Å².